The van der Waals surface area contributed by atoms with E-state index >= 15 is 0 Å². The normalized spacial score (nSPS) is 25.8. The fraction of sp³-hybridized carbons (Fsp3) is 0.357. The molecule has 2 aliphatic rings. The summed E-state index contributed by atoms with van der Waals surface area (Å²) < 4.78 is 0. The number of carbonyl (C=O) groups is 1. The van der Waals surface area contributed by atoms with Crippen LogP contribution in [0.25, 0.3) is 0 Å². The fourth-order valence-electron chi connectivity index (χ4n) is 2.53. The van der Waals surface area contributed by atoms with Crippen molar-refractivity contribution < 1.29 is 4.79 Å². The summed E-state index contributed by atoms with van der Waals surface area (Å²) in [6, 6.07) is 4.30. The van der Waals surface area contributed by atoms with Crippen LogP contribution >= 0.6 is 11.3 Å². The highest BCUT2D eigenvalue weighted by molar-refractivity contribution is 7.10. The highest BCUT2D eigenvalue weighted by atomic mass is 32.1. The Hall–Kier alpha value is -1.59. The van der Waals surface area contributed by atoms with Gasteiger partial charge in [0.2, 0.25) is 0 Å². The second kappa shape index (κ2) is 4.83. The van der Waals surface area contributed by atoms with E-state index in [2.05, 4.69) is 23.5 Å². The Morgan fingerprint density at radius 2 is 2.42 bits per heavy atom. The predicted octanol–water partition coefficient (Wildman–Crippen LogP) is 2.26. The van der Waals surface area contributed by atoms with Gasteiger partial charge in [0.1, 0.15) is 6.04 Å². The van der Waals surface area contributed by atoms with Gasteiger partial charge in [0.15, 0.2) is 0 Å². The molecular weight excluding hydrogens is 258 g/mol. The Bertz CT molecular complexity index is 523. The quantitative estimate of drug-likeness (QED) is 0.860. The van der Waals surface area contributed by atoms with E-state index in [1.165, 1.54) is 4.88 Å². The first-order valence-electron chi connectivity index (χ1n) is 6.36. The lowest BCUT2D eigenvalue weighted by molar-refractivity contribution is -0.134. The predicted molar refractivity (Wildman–Crippen MR) is 76.1 cm³/mol. The molecule has 1 fully saturated rings. The highest BCUT2D eigenvalue weighted by Crippen LogP contribution is 2.32. The lowest BCUT2D eigenvalue weighted by Gasteiger charge is -2.31. The summed E-state index contributed by atoms with van der Waals surface area (Å²) in [4.78, 5) is 15.4. The van der Waals surface area contributed by atoms with Crippen molar-refractivity contribution >= 4 is 17.2 Å². The molecule has 0 radical (unpaired) electrons. The molecule has 4 nitrogen and oxygen atoms in total. The zero-order chi connectivity index (χ0) is 13.4. The van der Waals surface area contributed by atoms with Gasteiger partial charge < -0.3 is 9.91 Å². The van der Waals surface area contributed by atoms with Crippen LogP contribution in [0.3, 0.4) is 0 Å². The molecule has 2 aliphatic heterocycles. The second-order valence-corrected chi connectivity index (χ2v) is 6.06. The largest absolute Gasteiger partial charge is 0.312 e. The number of hydrogen-bond donors (Lipinski definition) is 1. The number of fused-ring (bicyclic) bond motifs is 1. The third kappa shape index (κ3) is 2.31. The van der Waals surface area contributed by atoms with Crippen molar-refractivity contribution in [2.75, 3.05) is 6.54 Å². The first-order valence-corrected chi connectivity index (χ1v) is 7.24. The molecule has 2 atom stereocenters. The number of nitrogens with one attached hydrogen (secondary N) is 1. The number of carbonyl (C=O) groups excluding carboxylic acids is 1. The van der Waals surface area contributed by atoms with Gasteiger partial charge in [0, 0.05) is 30.2 Å². The van der Waals surface area contributed by atoms with Gasteiger partial charge >= 0.3 is 0 Å². The van der Waals surface area contributed by atoms with E-state index in [0.29, 0.717) is 6.54 Å². The summed E-state index contributed by atoms with van der Waals surface area (Å²) in [5.41, 5.74) is 4.38. The topological polar surface area (TPSA) is 35.6 Å². The molecular formula is C14H17N3OS. The fourth-order valence-corrected chi connectivity index (χ4v) is 3.32. The minimum atomic E-state index is -0.101. The number of thiophene rings is 1. The molecule has 0 saturated carbocycles. The number of nitrogens with zero attached hydrogens (tertiary/aromatic N) is 2. The Morgan fingerprint density at radius 1 is 1.58 bits per heavy atom. The summed E-state index contributed by atoms with van der Waals surface area (Å²) in [6.45, 7) is 6.41. The summed E-state index contributed by atoms with van der Waals surface area (Å²) >= 11 is 1.73. The lowest BCUT2D eigenvalue weighted by Crippen LogP contribution is -2.48. The van der Waals surface area contributed by atoms with Gasteiger partial charge in [-0.1, -0.05) is 18.2 Å². The van der Waals surface area contributed by atoms with Gasteiger partial charge in [0.25, 0.3) is 5.91 Å². The molecule has 0 bridgehead atoms. The minimum absolute atomic E-state index is 0.101. The molecule has 0 aromatic carbocycles. The van der Waals surface area contributed by atoms with E-state index in [4.69, 9.17) is 0 Å². The molecule has 0 aliphatic carbocycles. The minimum Gasteiger partial charge on any atom is -0.312 e. The van der Waals surface area contributed by atoms with Gasteiger partial charge in [-0.2, -0.15) is 0 Å². The SMILES string of the molecule is C=C(C)CN1C=CN2NC(c3cccs3)CC2C1=O. The molecule has 1 aromatic rings. The Morgan fingerprint density at radius 3 is 3.11 bits per heavy atom. The molecule has 1 amide bonds. The maximum atomic E-state index is 12.4. The molecule has 5 heteroatoms. The van der Waals surface area contributed by atoms with Gasteiger partial charge in [-0.25, -0.2) is 5.43 Å². The monoisotopic (exact) mass is 275 g/mol. The van der Waals surface area contributed by atoms with Crippen LogP contribution in [0.2, 0.25) is 0 Å². The molecule has 1 N–H and O–H groups in total. The Balaban J connectivity index is 1.75. The van der Waals surface area contributed by atoms with E-state index in [-0.39, 0.29) is 18.0 Å². The van der Waals surface area contributed by atoms with Crippen molar-refractivity contribution in [3.63, 3.8) is 0 Å². The van der Waals surface area contributed by atoms with E-state index in [1.54, 1.807) is 16.2 Å². The number of amides is 1. The molecule has 2 unspecified atom stereocenters. The maximum absolute atomic E-state index is 12.4. The van der Waals surface area contributed by atoms with Crippen LogP contribution in [0.4, 0.5) is 0 Å². The van der Waals surface area contributed by atoms with E-state index in [1.807, 2.05) is 30.4 Å². The van der Waals surface area contributed by atoms with Crippen molar-refractivity contribution in [3.05, 3.63) is 46.9 Å². The van der Waals surface area contributed by atoms with Gasteiger partial charge in [-0.3, -0.25) is 4.79 Å². The molecule has 100 valence electrons. The lowest BCUT2D eigenvalue weighted by atomic mass is 10.1. The Labute approximate surface area is 117 Å². The standard InChI is InChI=1S/C14H17N3OS/c1-10(2)9-16-5-6-17-12(14(16)18)8-11(15-17)13-4-3-7-19-13/h3-7,11-12,15H,1,8-9H2,2H3. The first-order chi connectivity index (χ1) is 9.15. The van der Waals surface area contributed by atoms with Crippen LogP contribution in [0, 0.1) is 0 Å². The molecule has 1 aromatic heterocycles. The van der Waals surface area contributed by atoms with Gasteiger partial charge in [-0.15, -0.1) is 11.3 Å². The molecule has 19 heavy (non-hydrogen) atoms. The van der Waals surface area contributed by atoms with Crippen LogP contribution in [-0.4, -0.2) is 28.4 Å². The van der Waals surface area contributed by atoms with Gasteiger partial charge in [-0.05, 0) is 18.4 Å². The number of hydrogen-bond acceptors (Lipinski definition) is 4. The van der Waals surface area contributed by atoms with Crippen LogP contribution in [0.15, 0.2) is 42.1 Å². The average molecular weight is 275 g/mol. The maximum Gasteiger partial charge on any atom is 0.251 e. The van der Waals surface area contributed by atoms with E-state index in [0.717, 1.165) is 12.0 Å². The Kier molecular flexibility index (Phi) is 3.16. The number of rotatable bonds is 3. The van der Waals surface area contributed by atoms with Crippen LogP contribution in [0.1, 0.15) is 24.3 Å². The summed E-state index contributed by atoms with van der Waals surface area (Å²) in [5, 5.41) is 4.00. The van der Waals surface area contributed by atoms with Crippen molar-refractivity contribution in [1.29, 1.82) is 0 Å². The van der Waals surface area contributed by atoms with Crippen molar-refractivity contribution in [2.24, 2.45) is 0 Å². The summed E-state index contributed by atoms with van der Waals surface area (Å²) in [6.07, 6.45) is 4.59. The molecule has 3 rings (SSSR count). The highest BCUT2D eigenvalue weighted by Gasteiger charge is 2.40. The zero-order valence-corrected chi connectivity index (χ0v) is 11.7. The van der Waals surface area contributed by atoms with Crippen LogP contribution in [-0.2, 0) is 4.79 Å². The van der Waals surface area contributed by atoms with Crippen molar-refractivity contribution in [3.8, 4) is 0 Å². The van der Waals surface area contributed by atoms with Crippen molar-refractivity contribution in [2.45, 2.75) is 25.4 Å². The smallest absolute Gasteiger partial charge is 0.251 e. The van der Waals surface area contributed by atoms with Crippen molar-refractivity contribution in [1.82, 2.24) is 15.3 Å². The second-order valence-electron chi connectivity index (χ2n) is 5.08. The zero-order valence-electron chi connectivity index (χ0n) is 10.9. The van der Waals surface area contributed by atoms with E-state index < -0.39 is 0 Å². The molecule has 3 heterocycles. The third-order valence-electron chi connectivity index (χ3n) is 3.40. The average Bonchev–Trinajstić information content (AvgIpc) is 3.00. The molecule has 0 spiro atoms. The number of hydrazine groups is 1. The van der Waals surface area contributed by atoms with Crippen LogP contribution in [0.5, 0.6) is 0 Å². The molecule has 1 saturated heterocycles. The van der Waals surface area contributed by atoms with Crippen LogP contribution < -0.4 is 5.43 Å². The first kappa shape index (κ1) is 12.4. The van der Waals surface area contributed by atoms with E-state index in [9.17, 15) is 4.79 Å². The third-order valence-corrected chi connectivity index (χ3v) is 4.39. The van der Waals surface area contributed by atoms with Gasteiger partial charge in [0.05, 0.1) is 6.04 Å². The summed E-state index contributed by atoms with van der Waals surface area (Å²) in [5.74, 6) is 0.150. The summed E-state index contributed by atoms with van der Waals surface area (Å²) in [7, 11) is 0.